The highest BCUT2D eigenvalue weighted by atomic mass is 16.3. The van der Waals surface area contributed by atoms with Gasteiger partial charge in [-0.15, -0.1) is 0 Å². The van der Waals surface area contributed by atoms with Crippen molar-refractivity contribution < 1.29 is 4.42 Å². The van der Waals surface area contributed by atoms with E-state index in [1.165, 1.54) is 12.1 Å². The summed E-state index contributed by atoms with van der Waals surface area (Å²) in [6, 6.07) is 2.09. The van der Waals surface area contributed by atoms with Gasteiger partial charge in [0.1, 0.15) is 6.26 Å². The molecule has 2 aromatic rings. The molecule has 92 valence electrons. The highest BCUT2D eigenvalue weighted by molar-refractivity contribution is 5.06. The first-order valence-corrected chi connectivity index (χ1v) is 6.08. The van der Waals surface area contributed by atoms with Gasteiger partial charge < -0.3 is 4.42 Å². The Labute approximate surface area is 102 Å². The van der Waals surface area contributed by atoms with E-state index in [2.05, 4.69) is 41.6 Å². The van der Waals surface area contributed by atoms with Crippen LogP contribution in [0.3, 0.4) is 0 Å². The summed E-state index contributed by atoms with van der Waals surface area (Å²) in [6.45, 7) is 7.47. The first-order valence-electron chi connectivity index (χ1n) is 6.08. The Balaban J connectivity index is 1.96. The molecule has 0 amide bonds. The molecule has 0 aliphatic heterocycles. The summed E-state index contributed by atoms with van der Waals surface area (Å²) >= 11 is 0. The molecule has 0 saturated heterocycles. The van der Waals surface area contributed by atoms with Gasteiger partial charge in [-0.2, -0.15) is 5.10 Å². The van der Waals surface area contributed by atoms with E-state index in [0.717, 1.165) is 18.7 Å². The molecular weight excluding hydrogens is 214 g/mol. The van der Waals surface area contributed by atoms with Gasteiger partial charge in [0.25, 0.3) is 0 Å². The number of aryl methyl sites for hydroxylation is 1. The zero-order valence-electron chi connectivity index (χ0n) is 10.6. The van der Waals surface area contributed by atoms with Crippen LogP contribution in [0.15, 0.2) is 29.3 Å². The molecule has 1 atom stereocenters. The number of aromatic nitrogens is 3. The first kappa shape index (κ1) is 11.9. The minimum Gasteiger partial charge on any atom is -0.451 e. The number of hydrogen-bond acceptors (Lipinski definition) is 3. The second-order valence-corrected chi connectivity index (χ2v) is 4.74. The lowest BCUT2D eigenvalue weighted by Gasteiger charge is -2.12. The van der Waals surface area contributed by atoms with Crippen LogP contribution < -0.4 is 0 Å². The molecule has 0 aromatic carbocycles. The quantitative estimate of drug-likeness (QED) is 0.796. The van der Waals surface area contributed by atoms with Gasteiger partial charge in [0.05, 0.1) is 5.69 Å². The standard InChI is InChI=1S/C13H19N3O/c1-10(2)13-4-6-15-16(13)7-5-11(3)12-8-17-9-14-12/h4,6,8-11H,5,7H2,1-3H3. The molecule has 0 fully saturated rings. The van der Waals surface area contributed by atoms with Crippen molar-refractivity contribution in [3.8, 4) is 0 Å². The average Bonchev–Trinajstić information content (AvgIpc) is 2.96. The van der Waals surface area contributed by atoms with Crippen molar-refractivity contribution in [2.45, 2.75) is 45.6 Å². The van der Waals surface area contributed by atoms with Crippen molar-refractivity contribution in [2.24, 2.45) is 0 Å². The van der Waals surface area contributed by atoms with Gasteiger partial charge in [0.15, 0.2) is 6.39 Å². The van der Waals surface area contributed by atoms with Gasteiger partial charge in [0.2, 0.25) is 0 Å². The largest absolute Gasteiger partial charge is 0.451 e. The lowest BCUT2D eigenvalue weighted by molar-refractivity contribution is 0.500. The highest BCUT2D eigenvalue weighted by Crippen LogP contribution is 2.19. The fourth-order valence-corrected chi connectivity index (χ4v) is 1.95. The Morgan fingerprint density at radius 3 is 2.82 bits per heavy atom. The van der Waals surface area contributed by atoms with Gasteiger partial charge in [0, 0.05) is 24.4 Å². The molecule has 17 heavy (non-hydrogen) atoms. The predicted octanol–water partition coefficient (Wildman–Crippen LogP) is 3.19. The van der Waals surface area contributed by atoms with Gasteiger partial charge in [-0.05, 0) is 18.4 Å². The molecule has 0 saturated carbocycles. The topological polar surface area (TPSA) is 43.9 Å². The van der Waals surface area contributed by atoms with E-state index in [-0.39, 0.29) is 0 Å². The maximum Gasteiger partial charge on any atom is 0.180 e. The smallest absolute Gasteiger partial charge is 0.180 e. The third-order valence-electron chi connectivity index (χ3n) is 3.07. The SMILES string of the molecule is CC(C)c1ccnn1CCC(C)c1cocn1. The van der Waals surface area contributed by atoms with E-state index in [0.29, 0.717) is 11.8 Å². The van der Waals surface area contributed by atoms with Crippen LogP contribution in [0.4, 0.5) is 0 Å². The van der Waals surface area contributed by atoms with Gasteiger partial charge >= 0.3 is 0 Å². The molecule has 0 N–H and O–H groups in total. The maximum absolute atomic E-state index is 5.00. The lowest BCUT2D eigenvalue weighted by Crippen LogP contribution is -2.09. The average molecular weight is 233 g/mol. The number of hydrogen-bond donors (Lipinski definition) is 0. The van der Waals surface area contributed by atoms with E-state index < -0.39 is 0 Å². The number of oxazole rings is 1. The van der Waals surface area contributed by atoms with Crippen molar-refractivity contribution in [1.29, 1.82) is 0 Å². The Kier molecular flexibility index (Phi) is 3.61. The fourth-order valence-electron chi connectivity index (χ4n) is 1.95. The molecular formula is C13H19N3O. The summed E-state index contributed by atoms with van der Waals surface area (Å²) in [5, 5.41) is 4.36. The Bertz CT molecular complexity index is 445. The molecule has 0 radical (unpaired) electrons. The molecule has 0 aliphatic rings. The van der Waals surface area contributed by atoms with E-state index in [4.69, 9.17) is 4.42 Å². The summed E-state index contributed by atoms with van der Waals surface area (Å²) < 4.78 is 7.09. The normalized spacial score (nSPS) is 13.2. The van der Waals surface area contributed by atoms with Crippen LogP contribution in [0.5, 0.6) is 0 Å². The minimum absolute atomic E-state index is 0.401. The molecule has 0 aliphatic carbocycles. The minimum atomic E-state index is 0.401. The summed E-state index contributed by atoms with van der Waals surface area (Å²) in [4.78, 5) is 4.18. The third kappa shape index (κ3) is 2.75. The molecule has 1 unspecified atom stereocenters. The summed E-state index contributed by atoms with van der Waals surface area (Å²) in [5.74, 6) is 0.915. The van der Waals surface area contributed by atoms with Crippen molar-refractivity contribution in [3.05, 3.63) is 36.3 Å². The molecule has 4 heteroatoms. The van der Waals surface area contributed by atoms with Crippen molar-refractivity contribution in [1.82, 2.24) is 14.8 Å². The van der Waals surface area contributed by atoms with Crippen molar-refractivity contribution in [3.63, 3.8) is 0 Å². The molecule has 0 bridgehead atoms. The summed E-state index contributed by atoms with van der Waals surface area (Å²) in [5.41, 5.74) is 2.31. The second-order valence-electron chi connectivity index (χ2n) is 4.74. The van der Waals surface area contributed by atoms with Crippen LogP contribution in [-0.2, 0) is 6.54 Å². The van der Waals surface area contributed by atoms with Gasteiger partial charge in [-0.1, -0.05) is 20.8 Å². The number of rotatable bonds is 5. The van der Waals surface area contributed by atoms with Gasteiger partial charge in [-0.3, -0.25) is 4.68 Å². The van der Waals surface area contributed by atoms with E-state index in [1.807, 2.05) is 6.20 Å². The monoisotopic (exact) mass is 233 g/mol. The summed E-state index contributed by atoms with van der Waals surface area (Å²) in [6.07, 6.45) is 6.10. The maximum atomic E-state index is 5.00. The van der Waals surface area contributed by atoms with Crippen LogP contribution in [0.25, 0.3) is 0 Å². The zero-order valence-corrected chi connectivity index (χ0v) is 10.6. The lowest BCUT2D eigenvalue weighted by atomic mass is 10.0. The molecule has 2 rings (SSSR count). The molecule has 4 nitrogen and oxygen atoms in total. The first-order chi connectivity index (χ1) is 8.18. The van der Waals surface area contributed by atoms with Crippen LogP contribution in [-0.4, -0.2) is 14.8 Å². The molecule has 0 spiro atoms. The fraction of sp³-hybridized carbons (Fsp3) is 0.538. The van der Waals surface area contributed by atoms with Crippen LogP contribution in [0, 0.1) is 0 Å². The van der Waals surface area contributed by atoms with Crippen LogP contribution in [0.1, 0.15) is 50.4 Å². The summed E-state index contributed by atoms with van der Waals surface area (Å²) in [7, 11) is 0. The highest BCUT2D eigenvalue weighted by Gasteiger charge is 2.11. The van der Waals surface area contributed by atoms with E-state index >= 15 is 0 Å². The second kappa shape index (κ2) is 5.17. The zero-order chi connectivity index (χ0) is 12.3. The Hall–Kier alpha value is -1.58. The van der Waals surface area contributed by atoms with E-state index in [1.54, 1.807) is 6.26 Å². The van der Waals surface area contributed by atoms with E-state index in [9.17, 15) is 0 Å². The van der Waals surface area contributed by atoms with Crippen molar-refractivity contribution >= 4 is 0 Å². The Morgan fingerprint density at radius 1 is 1.35 bits per heavy atom. The predicted molar refractivity (Wildman–Crippen MR) is 65.9 cm³/mol. The van der Waals surface area contributed by atoms with Gasteiger partial charge in [-0.25, -0.2) is 4.98 Å². The third-order valence-corrected chi connectivity index (χ3v) is 3.07. The Morgan fingerprint density at radius 2 is 2.18 bits per heavy atom. The number of nitrogens with zero attached hydrogens (tertiary/aromatic N) is 3. The molecule has 2 aromatic heterocycles. The molecule has 2 heterocycles. The van der Waals surface area contributed by atoms with Crippen molar-refractivity contribution in [2.75, 3.05) is 0 Å². The van der Waals surface area contributed by atoms with Crippen LogP contribution >= 0.6 is 0 Å². The van der Waals surface area contributed by atoms with Crippen LogP contribution in [0.2, 0.25) is 0 Å².